The summed E-state index contributed by atoms with van der Waals surface area (Å²) in [4.78, 5) is 0. The maximum absolute atomic E-state index is 2.56. The zero-order chi connectivity index (χ0) is 6.72. The lowest BCUT2D eigenvalue weighted by molar-refractivity contribution is -0.197. The molecule has 6 aliphatic carbocycles. The predicted octanol–water partition coefficient (Wildman–Crippen LogP) is 2.30. The molecule has 0 N–H and O–H groups in total. The maximum Gasteiger partial charge on any atom is -0.0147 e. The Hall–Kier alpha value is 0. The second-order valence-corrected chi connectivity index (χ2v) is 5.34. The van der Waals surface area contributed by atoms with E-state index in [1.165, 1.54) is 17.8 Å². The molecule has 6 atom stereocenters. The van der Waals surface area contributed by atoms with E-state index in [1.54, 1.807) is 12.8 Å². The van der Waals surface area contributed by atoms with Crippen LogP contribution in [0.25, 0.3) is 0 Å². The van der Waals surface area contributed by atoms with Gasteiger partial charge >= 0.3 is 0 Å². The van der Waals surface area contributed by atoms with Crippen molar-refractivity contribution in [3.05, 3.63) is 0 Å². The average molecular weight is 134 g/mol. The third-order valence-electron chi connectivity index (χ3n) is 5.87. The maximum atomic E-state index is 2.56. The van der Waals surface area contributed by atoms with Crippen molar-refractivity contribution < 1.29 is 0 Å². The van der Waals surface area contributed by atoms with Crippen LogP contribution in [0.5, 0.6) is 0 Å². The highest BCUT2D eigenvalue weighted by atomic mass is 15.0. The Morgan fingerprint density at radius 2 is 2.10 bits per heavy atom. The van der Waals surface area contributed by atoms with Gasteiger partial charge in [0, 0.05) is 0 Å². The van der Waals surface area contributed by atoms with Gasteiger partial charge in [0.1, 0.15) is 0 Å². The van der Waals surface area contributed by atoms with E-state index in [1.807, 2.05) is 0 Å². The predicted molar refractivity (Wildman–Crippen MR) is 39.4 cm³/mol. The molecule has 0 aromatic carbocycles. The third-order valence-corrected chi connectivity index (χ3v) is 5.87. The smallest absolute Gasteiger partial charge is 0.0147 e. The standard InChI is InChI=1S/C10H14/c1-5-7-8-6-3-4-9(8,2)10(5,6)7/h5-8H,3-4H2,1-2H3. The quantitative estimate of drug-likeness (QED) is 0.477. The zero-order valence-electron chi connectivity index (χ0n) is 6.72. The molecule has 0 nitrogen and oxygen atoms in total. The van der Waals surface area contributed by atoms with E-state index >= 15 is 0 Å². The Bertz CT molecular complexity index is 238. The Kier molecular flexibility index (Phi) is 0.408. The minimum Gasteiger partial charge on any atom is -0.0616 e. The van der Waals surface area contributed by atoms with Crippen molar-refractivity contribution in [2.24, 2.45) is 34.5 Å². The molecule has 1 spiro atoms. The van der Waals surface area contributed by atoms with Gasteiger partial charge in [-0.05, 0) is 47.3 Å². The topological polar surface area (TPSA) is 0 Å². The molecule has 0 radical (unpaired) electrons. The van der Waals surface area contributed by atoms with Crippen LogP contribution in [0.1, 0.15) is 26.7 Å². The van der Waals surface area contributed by atoms with Crippen LogP contribution in [-0.2, 0) is 0 Å². The van der Waals surface area contributed by atoms with Crippen molar-refractivity contribution in [1.82, 2.24) is 0 Å². The molecule has 6 rings (SSSR count). The van der Waals surface area contributed by atoms with Gasteiger partial charge in [0.2, 0.25) is 0 Å². The Morgan fingerprint density at radius 1 is 1.30 bits per heavy atom. The van der Waals surface area contributed by atoms with Crippen LogP contribution in [0.4, 0.5) is 0 Å². The third kappa shape index (κ3) is 0.163. The van der Waals surface area contributed by atoms with Crippen LogP contribution in [-0.4, -0.2) is 0 Å². The van der Waals surface area contributed by atoms with Crippen molar-refractivity contribution in [2.75, 3.05) is 0 Å². The lowest BCUT2D eigenvalue weighted by Gasteiger charge is -2.66. The summed E-state index contributed by atoms with van der Waals surface area (Å²) in [5.41, 5.74) is 1.83. The van der Waals surface area contributed by atoms with Gasteiger partial charge in [0.15, 0.2) is 0 Å². The Balaban J connectivity index is 1.97. The second kappa shape index (κ2) is 0.852. The van der Waals surface area contributed by atoms with E-state index in [0.717, 1.165) is 16.7 Å². The summed E-state index contributed by atoms with van der Waals surface area (Å²) in [5.74, 6) is 4.79. The highest BCUT2D eigenvalue weighted by Gasteiger charge is 2.99. The van der Waals surface area contributed by atoms with E-state index in [2.05, 4.69) is 13.8 Å². The lowest BCUT2D eigenvalue weighted by Crippen LogP contribution is -2.63. The van der Waals surface area contributed by atoms with Gasteiger partial charge in [0.25, 0.3) is 0 Å². The van der Waals surface area contributed by atoms with Crippen molar-refractivity contribution >= 4 is 0 Å². The molecule has 54 valence electrons. The highest BCUT2D eigenvalue weighted by Crippen LogP contribution is 3.03. The van der Waals surface area contributed by atoms with E-state index < -0.39 is 0 Å². The molecule has 0 amide bonds. The number of fused-ring (bicyclic) bond motifs is 1. The molecule has 0 aromatic rings. The van der Waals surface area contributed by atoms with Gasteiger partial charge in [-0.3, -0.25) is 0 Å². The molecule has 0 aromatic heterocycles. The molecule has 4 bridgehead atoms. The van der Waals surface area contributed by atoms with E-state index in [9.17, 15) is 0 Å². The van der Waals surface area contributed by atoms with Crippen LogP contribution in [0.15, 0.2) is 0 Å². The van der Waals surface area contributed by atoms with Gasteiger partial charge in [0.05, 0.1) is 0 Å². The molecule has 6 aliphatic rings. The van der Waals surface area contributed by atoms with Crippen LogP contribution in [0.3, 0.4) is 0 Å². The summed E-state index contributed by atoms with van der Waals surface area (Å²) < 4.78 is 0. The fourth-order valence-corrected chi connectivity index (χ4v) is 5.76. The average Bonchev–Trinajstić information content (AvgIpc) is 2.15. The summed E-state index contributed by atoms with van der Waals surface area (Å²) >= 11 is 0. The van der Waals surface area contributed by atoms with Crippen LogP contribution in [0.2, 0.25) is 0 Å². The molecular formula is C10H14. The molecule has 0 heteroatoms. The van der Waals surface area contributed by atoms with Crippen LogP contribution < -0.4 is 0 Å². The zero-order valence-corrected chi connectivity index (χ0v) is 6.72. The molecule has 0 heterocycles. The van der Waals surface area contributed by atoms with E-state index in [4.69, 9.17) is 0 Å². The summed E-state index contributed by atoms with van der Waals surface area (Å²) in [6.07, 6.45) is 3.16. The fourth-order valence-electron chi connectivity index (χ4n) is 5.76. The van der Waals surface area contributed by atoms with Crippen LogP contribution >= 0.6 is 0 Å². The Labute approximate surface area is 62.0 Å². The van der Waals surface area contributed by atoms with Gasteiger partial charge in [-0.15, -0.1) is 0 Å². The lowest BCUT2D eigenvalue weighted by atomic mass is 9.38. The highest BCUT2D eigenvalue weighted by molar-refractivity contribution is 5.46. The van der Waals surface area contributed by atoms with Crippen LogP contribution in [0, 0.1) is 34.5 Å². The van der Waals surface area contributed by atoms with Gasteiger partial charge < -0.3 is 0 Å². The molecular weight excluding hydrogens is 120 g/mol. The largest absolute Gasteiger partial charge is 0.0616 e. The molecule has 0 saturated heterocycles. The van der Waals surface area contributed by atoms with Gasteiger partial charge in [-0.25, -0.2) is 0 Å². The first kappa shape index (κ1) is 4.79. The van der Waals surface area contributed by atoms with Crippen molar-refractivity contribution in [1.29, 1.82) is 0 Å². The first-order valence-electron chi connectivity index (χ1n) is 4.74. The van der Waals surface area contributed by atoms with Gasteiger partial charge in [-0.1, -0.05) is 13.8 Å². The second-order valence-electron chi connectivity index (χ2n) is 5.34. The molecule has 6 fully saturated rings. The van der Waals surface area contributed by atoms with Crippen molar-refractivity contribution in [3.8, 4) is 0 Å². The Morgan fingerprint density at radius 3 is 2.30 bits per heavy atom. The van der Waals surface area contributed by atoms with E-state index in [-0.39, 0.29) is 0 Å². The van der Waals surface area contributed by atoms with E-state index in [0.29, 0.717) is 0 Å². The summed E-state index contributed by atoms with van der Waals surface area (Å²) in [6.45, 7) is 5.05. The molecule has 6 unspecified atom stereocenters. The van der Waals surface area contributed by atoms with Gasteiger partial charge in [-0.2, -0.15) is 0 Å². The minimum atomic E-state index is 0.877. The number of rotatable bonds is 0. The fraction of sp³-hybridized carbons (Fsp3) is 1.00. The first-order valence-corrected chi connectivity index (χ1v) is 4.74. The number of hydrogen-bond acceptors (Lipinski definition) is 0. The molecule has 10 heavy (non-hydrogen) atoms. The summed E-state index contributed by atoms with van der Waals surface area (Å²) in [5, 5.41) is 0. The normalized spacial score (nSPS) is 87.0. The van der Waals surface area contributed by atoms with Crippen molar-refractivity contribution in [3.63, 3.8) is 0 Å². The number of hydrogen-bond donors (Lipinski definition) is 0. The summed E-state index contributed by atoms with van der Waals surface area (Å²) in [6, 6.07) is 0. The monoisotopic (exact) mass is 134 g/mol. The SMILES string of the molecule is CC1C2C3C4CCC3(C)C142. The molecule has 6 saturated carbocycles. The summed E-state index contributed by atoms with van der Waals surface area (Å²) in [7, 11) is 0. The minimum absolute atomic E-state index is 0.877. The van der Waals surface area contributed by atoms with Crippen molar-refractivity contribution in [2.45, 2.75) is 26.7 Å². The first-order chi connectivity index (χ1) is 4.74. The molecule has 0 aliphatic heterocycles.